The molecule has 0 fully saturated rings. The standard InChI is InChI=1S/C21H37O5P/c1-4-7-10-20(26-27(23,24)25)21(15-8-5-2,16-9-6-3)17-18-11-13-19(22)14-12-18/h11-14,20,22H,4-10,15-17H2,1-3H3,(H2,23,24,25). The summed E-state index contributed by atoms with van der Waals surface area (Å²) in [4.78, 5) is 19.1. The molecule has 0 radical (unpaired) electrons. The molecule has 0 aliphatic rings. The monoisotopic (exact) mass is 400 g/mol. The first-order valence-corrected chi connectivity index (χ1v) is 11.8. The molecule has 0 aromatic heterocycles. The molecule has 1 aromatic carbocycles. The van der Waals surface area contributed by atoms with Gasteiger partial charge in [-0.1, -0.05) is 71.4 Å². The van der Waals surface area contributed by atoms with E-state index in [2.05, 4.69) is 20.8 Å². The van der Waals surface area contributed by atoms with Crippen molar-refractivity contribution in [1.82, 2.24) is 0 Å². The van der Waals surface area contributed by atoms with E-state index in [1.807, 2.05) is 12.1 Å². The van der Waals surface area contributed by atoms with Crippen LogP contribution < -0.4 is 0 Å². The topological polar surface area (TPSA) is 87.0 Å². The van der Waals surface area contributed by atoms with Gasteiger partial charge in [0.2, 0.25) is 0 Å². The highest BCUT2D eigenvalue weighted by atomic mass is 31.2. The molecule has 27 heavy (non-hydrogen) atoms. The third-order valence-electron chi connectivity index (χ3n) is 5.32. The number of phosphoric acid groups is 1. The first-order chi connectivity index (χ1) is 12.8. The van der Waals surface area contributed by atoms with Crippen molar-refractivity contribution in [3.05, 3.63) is 29.8 Å². The fraction of sp³-hybridized carbons (Fsp3) is 0.714. The Bertz CT molecular complexity index is 558. The molecule has 0 saturated carbocycles. The van der Waals surface area contributed by atoms with Crippen LogP contribution in [0.1, 0.15) is 84.1 Å². The van der Waals surface area contributed by atoms with Gasteiger partial charge in [0.25, 0.3) is 0 Å². The molecular formula is C21H37O5P. The second-order valence-electron chi connectivity index (χ2n) is 7.64. The van der Waals surface area contributed by atoms with Crippen molar-refractivity contribution in [1.29, 1.82) is 0 Å². The van der Waals surface area contributed by atoms with Crippen molar-refractivity contribution in [2.24, 2.45) is 5.41 Å². The van der Waals surface area contributed by atoms with Crippen molar-refractivity contribution in [2.75, 3.05) is 0 Å². The molecule has 0 aliphatic carbocycles. The van der Waals surface area contributed by atoms with E-state index in [-0.39, 0.29) is 11.2 Å². The zero-order valence-corrected chi connectivity index (χ0v) is 18.0. The summed E-state index contributed by atoms with van der Waals surface area (Å²) in [5.41, 5.74) is 0.745. The lowest BCUT2D eigenvalue weighted by Crippen LogP contribution is -2.39. The van der Waals surface area contributed by atoms with E-state index in [9.17, 15) is 19.5 Å². The van der Waals surface area contributed by atoms with Gasteiger partial charge in [0.15, 0.2) is 0 Å². The number of rotatable bonds is 14. The molecule has 0 spiro atoms. The van der Waals surface area contributed by atoms with Crippen LogP contribution in [0.25, 0.3) is 0 Å². The van der Waals surface area contributed by atoms with Gasteiger partial charge in [-0.3, -0.25) is 4.52 Å². The van der Waals surface area contributed by atoms with Gasteiger partial charge in [0.1, 0.15) is 5.75 Å². The van der Waals surface area contributed by atoms with E-state index in [0.29, 0.717) is 12.8 Å². The van der Waals surface area contributed by atoms with Gasteiger partial charge in [0.05, 0.1) is 6.10 Å². The second kappa shape index (κ2) is 11.9. The third kappa shape index (κ3) is 8.78. The number of hydrogen-bond acceptors (Lipinski definition) is 3. The Balaban J connectivity index is 3.28. The van der Waals surface area contributed by atoms with Crippen LogP contribution in [0.2, 0.25) is 0 Å². The van der Waals surface area contributed by atoms with Gasteiger partial charge in [0, 0.05) is 5.41 Å². The minimum Gasteiger partial charge on any atom is -0.508 e. The fourth-order valence-electron chi connectivity index (χ4n) is 3.84. The summed E-state index contributed by atoms with van der Waals surface area (Å²) in [6.45, 7) is 6.35. The maximum Gasteiger partial charge on any atom is 0.469 e. The Morgan fingerprint density at radius 1 is 0.963 bits per heavy atom. The highest BCUT2D eigenvalue weighted by molar-refractivity contribution is 7.46. The maximum absolute atomic E-state index is 11.7. The predicted octanol–water partition coefficient (Wildman–Crippen LogP) is 5.97. The zero-order valence-electron chi connectivity index (χ0n) is 17.1. The molecule has 1 rings (SSSR count). The van der Waals surface area contributed by atoms with Crippen LogP contribution in [-0.4, -0.2) is 21.0 Å². The number of phenols is 1. The average molecular weight is 400 g/mol. The maximum atomic E-state index is 11.7. The average Bonchev–Trinajstić information content (AvgIpc) is 2.62. The van der Waals surface area contributed by atoms with Crippen molar-refractivity contribution in [3.63, 3.8) is 0 Å². The molecule has 0 saturated heterocycles. The molecule has 156 valence electrons. The van der Waals surface area contributed by atoms with Crippen molar-refractivity contribution >= 4 is 7.82 Å². The minimum atomic E-state index is -4.58. The van der Waals surface area contributed by atoms with E-state index in [1.54, 1.807) is 12.1 Å². The van der Waals surface area contributed by atoms with Crippen LogP contribution >= 0.6 is 7.82 Å². The summed E-state index contributed by atoms with van der Waals surface area (Å²) in [5.74, 6) is 0.223. The Morgan fingerprint density at radius 3 is 1.93 bits per heavy atom. The van der Waals surface area contributed by atoms with Gasteiger partial charge < -0.3 is 14.9 Å². The van der Waals surface area contributed by atoms with Gasteiger partial charge in [-0.15, -0.1) is 0 Å². The van der Waals surface area contributed by atoms with Crippen LogP contribution in [0.4, 0.5) is 0 Å². The summed E-state index contributed by atoms with van der Waals surface area (Å²) in [7, 11) is -4.58. The molecule has 0 heterocycles. The van der Waals surface area contributed by atoms with E-state index in [4.69, 9.17) is 4.52 Å². The molecule has 1 unspecified atom stereocenters. The summed E-state index contributed by atoms with van der Waals surface area (Å²) >= 11 is 0. The fourth-order valence-corrected chi connectivity index (χ4v) is 4.50. The Hall–Kier alpha value is -0.870. The van der Waals surface area contributed by atoms with E-state index in [1.165, 1.54) is 0 Å². The summed E-state index contributed by atoms with van der Waals surface area (Å²) in [6.07, 6.45) is 8.48. The third-order valence-corrected chi connectivity index (χ3v) is 5.85. The first kappa shape index (κ1) is 24.2. The largest absolute Gasteiger partial charge is 0.508 e. The number of phenolic OH excluding ortho intramolecular Hbond substituents is 1. The molecular weight excluding hydrogens is 363 g/mol. The molecule has 0 aliphatic heterocycles. The summed E-state index contributed by atoms with van der Waals surface area (Å²) < 4.78 is 17.1. The van der Waals surface area contributed by atoms with Crippen LogP contribution in [-0.2, 0) is 15.5 Å². The molecule has 0 bridgehead atoms. The zero-order chi connectivity index (χ0) is 20.3. The van der Waals surface area contributed by atoms with Gasteiger partial charge in [-0.25, -0.2) is 4.57 Å². The van der Waals surface area contributed by atoms with Crippen LogP contribution in [0.3, 0.4) is 0 Å². The number of phosphoric ester groups is 1. The molecule has 5 nitrogen and oxygen atoms in total. The second-order valence-corrected chi connectivity index (χ2v) is 8.83. The Labute approximate surface area is 164 Å². The quantitative estimate of drug-likeness (QED) is 0.335. The predicted molar refractivity (Wildman–Crippen MR) is 110 cm³/mol. The number of aromatic hydroxyl groups is 1. The highest BCUT2D eigenvalue weighted by Gasteiger charge is 2.41. The summed E-state index contributed by atoms with van der Waals surface area (Å²) in [6, 6.07) is 7.14. The SMILES string of the molecule is CCCCC(OP(=O)(O)O)C(CCCC)(CCCC)Cc1ccc(O)cc1. The van der Waals surface area contributed by atoms with Gasteiger partial charge in [-0.05, 0) is 43.4 Å². The number of unbranched alkanes of at least 4 members (excludes halogenated alkanes) is 3. The van der Waals surface area contributed by atoms with E-state index in [0.717, 1.165) is 56.9 Å². The molecule has 1 atom stereocenters. The van der Waals surface area contributed by atoms with Crippen molar-refractivity contribution in [3.8, 4) is 5.75 Å². The normalized spacial score (nSPS) is 13.7. The van der Waals surface area contributed by atoms with Crippen molar-refractivity contribution < 1.29 is 24.0 Å². The Morgan fingerprint density at radius 2 is 1.48 bits per heavy atom. The molecule has 1 aromatic rings. The molecule has 6 heteroatoms. The van der Waals surface area contributed by atoms with Gasteiger partial charge in [-0.2, -0.15) is 0 Å². The van der Waals surface area contributed by atoms with E-state index >= 15 is 0 Å². The molecule has 0 amide bonds. The summed E-state index contributed by atoms with van der Waals surface area (Å²) in [5, 5.41) is 9.59. The first-order valence-electron chi connectivity index (χ1n) is 10.3. The van der Waals surface area contributed by atoms with E-state index < -0.39 is 13.9 Å². The highest BCUT2D eigenvalue weighted by Crippen LogP contribution is 2.49. The number of benzene rings is 1. The van der Waals surface area contributed by atoms with Crippen LogP contribution in [0, 0.1) is 5.41 Å². The van der Waals surface area contributed by atoms with Crippen LogP contribution in [0.15, 0.2) is 24.3 Å². The minimum absolute atomic E-state index is 0.223. The van der Waals surface area contributed by atoms with Crippen molar-refractivity contribution in [2.45, 2.75) is 91.1 Å². The number of hydrogen-bond donors (Lipinski definition) is 3. The van der Waals surface area contributed by atoms with Crippen LogP contribution in [0.5, 0.6) is 5.75 Å². The molecule has 3 N–H and O–H groups in total. The Kier molecular flexibility index (Phi) is 10.6. The van der Waals surface area contributed by atoms with Gasteiger partial charge >= 0.3 is 7.82 Å². The lowest BCUT2D eigenvalue weighted by molar-refractivity contribution is -0.000840. The smallest absolute Gasteiger partial charge is 0.469 e. The lowest BCUT2D eigenvalue weighted by Gasteiger charge is -2.41. The lowest BCUT2D eigenvalue weighted by atomic mass is 9.68.